The molecule has 34 heavy (non-hydrogen) atoms. The van der Waals surface area contributed by atoms with Crippen LogP contribution in [0.4, 0.5) is 37.8 Å². The zero-order valence-corrected chi connectivity index (χ0v) is 16.9. The first-order valence-electron chi connectivity index (χ1n) is 9.32. The number of anilines is 2. The Morgan fingerprint density at radius 3 is 2.29 bits per heavy atom. The third-order valence-electron chi connectivity index (χ3n) is 4.50. The van der Waals surface area contributed by atoms with Gasteiger partial charge in [0.25, 0.3) is 0 Å². The number of carbonyl (C=O) groups is 1. The van der Waals surface area contributed by atoms with Gasteiger partial charge in [-0.15, -0.1) is 10.2 Å². The SMILES string of the molecule is CC(=O)c1cc(C(F)(F)F)c(-c2cnc3c(Nc4ccc(C(F)(F)F)cn4)ccnc3n2)nn1. The standard InChI is InChI=1S/C20H11F6N7O/c1-9(34)13-6-11(20(24,25)26)16(33-32-13)14-8-29-17-12(4-5-27-18(17)31-14)30-15-3-2-10(7-28-15)19(21,22)23/h2-8H,1H3,(H,27,28,30,31). The van der Waals surface area contributed by atoms with Crippen LogP contribution in [0.2, 0.25) is 0 Å². The van der Waals surface area contributed by atoms with Crippen LogP contribution >= 0.6 is 0 Å². The molecule has 0 saturated heterocycles. The van der Waals surface area contributed by atoms with E-state index in [0.717, 1.165) is 25.3 Å². The number of nitrogens with zero attached hydrogens (tertiary/aromatic N) is 6. The van der Waals surface area contributed by atoms with E-state index in [4.69, 9.17) is 0 Å². The van der Waals surface area contributed by atoms with Gasteiger partial charge in [-0.3, -0.25) is 4.79 Å². The Hall–Kier alpha value is -4.23. The number of carbonyl (C=O) groups excluding carboxylic acids is 1. The zero-order valence-electron chi connectivity index (χ0n) is 16.9. The summed E-state index contributed by atoms with van der Waals surface area (Å²) in [6.07, 6.45) is -6.45. The number of alkyl halides is 6. The van der Waals surface area contributed by atoms with E-state index in [2.05, 4.69) is 35.5 Å². The summed E-state index contributed by atoms with van der Waals surface area (Å²) in [5.41, 5.74) is -3.24. The summed E-state index contributed by atoms with van der Waals surface area (Å²) in [6, 6.07) is 3.97. The van der Waals surface area contributed by atoms with Crippen LogP contribution in [0.15, 0.2) is 42.9 Å². The summed E-state index contributed by atoms with van der Waals surface area (Å²) in [6.45, 7) is 1.06. The first-order chi connectivity index (χ1) is 15.9. The molecular weight excluding hydrogens is 468 g/mol. The maximum atomic E-state index is 13.6. The lowest BCUT2D eigenvalue weighted by Crippen LogP contribution is -2.13. The Kier molecular flexibility index (Phi) is 5.59. The molecule has 0 aliphatic carbocycles. The molecule has 8 nitrogen and oxygen atoms in total. The van der Waals surface area contributed by atoms with Crippen molar-refractivity contribution in [3.63, 3.8) is 0 Å². The maximum absolute atomic E-state index is 13.6. The van der Waals surface area contributed by atoms with Crippen molar-refractivity contribution in [3.05, 3.63) is 59.7 Å². The Morgan fingerprint density at radius 2 is 1.68 bits per heavy atom. The van der Waals surface area contributed by atoms with Crippen molar-refractivity contribution in [2.75, 3.05) is 5.32 Å². The van der Waals surface area contributed by atoms with Gasteiger partial charge in [-0.2, -0.15) is 26.3 Å². The number of halogens is 6. The van der Waals surface area contributed by atoms with Crippen LogP contribution in [0.5, 0.6) is 0 Å². The molecule has 0 saturated carbocycles. The van der Waals surface area contributed by atoms with E-state index in [1.807, 2.05) is 0 Å². The van der Waals surface area contributed by atoms with Gasteiger partial charge in [0, 0.05) is 19.3 Å². The first-order valence-corrected chi connectivity index (χ1v) is 9.32. The number of hydrogen-bond donors (Lipinski definition) is 1. The predicted molar refractivity (Wildman–Crippen MR) is 106 cm³/mol. The molecule has 0 atom stereocenters. The summed E-state index contributed by atoms with van der Waals surface area (Å²) < 4.78 is 78.8. The van der Waals surface area contributed by atoms with Crippen LogP contribution in [0.1, 0.15) is 28.5 Å². The van der Waals surface area contributed by atoms with E-state index in [1.165, 1.54) is 12.3 Å². The molecule has 14 heteroatoms. The lowest BCUT2D eigenvalue weighted by molar-refractivity contribution is -0.138. The Balaban J connectivity index is 1.73. The number of ketones is 1. The average Bonchev–Trinajstić information content (AvgIpc) is 2.77. The third kappa shape index (κ3) is 4.60. The lowest BCUT2D eigenvalue weighted by atomic mass is 10.1. The summed E-state index contributed by atoms with van der Waals surface area (Å²) in [5, 5.41) is 9.82. The molecule has 0 spiro atoms. The highest BCUT2D eigenvalue weighted by atomic mass is 19.4. The Labute approximate surface area is 186 Å². The topological polar surface area (TPSA) is 106 Å². The molecule has 0 fully saturated rings. The highest BCUT2D eigenvalue weighted by Gasteiger charge is 2.36. The van der Waals surface area contributed by atoms with Crippen molar-refractivity contribution in [3.8, 4) is 11.4 Å². The molecule has 4 heterocycles. The monoisotopic (exact) mass is 479 g/mol. The van der Waals surface area contributed by atoms with Crippen LogP contribution < -0.4 is 5.32 Å². The van der Waals surface area contributed by atoms with E-state index in [-0.39, 0.29) is 28.4 Å². The number of hydrogen-bond acceptors (Lipinski definition) is 8. The number of rotatable bonds is 4. The van der Waals surface area contributed by atoms with Crippen LogP contribution in [0, 0.1) is 0 Å². The van der Waals surface area contributed by atoms with Gasteiger partial charge in [-0.25, -0.2) is 19.9 Å². The Bertz CT molecular complexity index is 1390. The second-order valence-electron chi connectivity index (χ2n) is 6.89. The van der Waals surface area contributed by atoms with Gasteiger partial charge in [-0.1, -0.05) is 0 Å². The zero-order chi connectivity index (χ0) is 24.7. The normalized spacial score (nSPS) is 12.1. The van der Waals surface area contributed by atoms with E-state index >= 15 is 0 Å². The largest absolute Gasteiger partial charge is 0.418 e. The van der Waals surface area contributed by atoms with E-state index in [9.17, 15) is 31.1 Å². The first kappa shape index (κ1) is 22.9. The smallest absolute Gasteiger partial charge is 0.338 e. The van der Waals surface area contributed by atoms with Gasteiger partial charge in [0.2, 0.25) is 0 Å². The molecule has 0 amide bonds. The molecule has 4 rings (SSSR count). The fraction of sp³-hybridized carbons (Fsp3) is 0.150. The van der Waals surface area contributed by atoms with Crippen molar-refractivity contribution in [1.82, 2.24) is 30.1 Å². The van der Waals surface area contributed by atoms with Crippen molar-refractivity contribution in [2.45, 2.75) is 19.3 Å². The van der Waals surface area contributed by atoms with Gasteiger partial charge >= 0.3 is 12.4 Å². The summed E-state index contributed by atoms with van der Waals surface area (Å²) in [7, 11) is 0. The van der Waals surface area contributed by atoms with Gasteiger partial charge < -0.3 is 5.32 Å². The highest BCUT2D eigenvalue weighted by molar-refractivity contribution is 5.92. The predicted octanol–water partition coefficient (Wildman–Crippen LogP) is 4.86. The van der Waals surface area contributed by atoms with E-state index in [0.29, 0.717) is 12.3 Å². The lowest BCUT2D eigenvalue weighted by Gasteiger charge is -2.12. The Morgan fingerprint density at radius 1 is 0.912 bits per heavy atom. The number of nitrogens with one attached hydrogen (secondary N) is 1. The quantitative estimate of drug-likeness (QED) is 0.327. The average molecular weight is 479 g/mol. The molecule has 4 aromatic rings. The molecule has 1 N–H and O–H groups in total. The minimum atomic E-state index is -4.85. The van der Waals surface area contributed by atoms with Crippen LogP contribution in [-0.2, 0) is 12.4 Å². The summed E-state index contributed by atoms with van der Waals surface area (Å²) >= 11 is 0. The fourth-order valence-electron chi connectivity index (χ4n) is 2.88. The maximum Gasteiger partial charge on any atom is 0.418 e. The van der Waals surface area contributed by atoms with E-state index in [1.54, 1.807) is 0 Å². The molecule has 0 unspecified atom stereocenters. The van der Waals surface area contributed by atoms with Crippen LogP contribution in [-0.4, -0.2) is 35.9 Å². The third-order valence-corrected chi connectivity index (χ3v) is 4.50. The van der Waals surface area contributed by atoms with Crippen LogP contribution in [0.25, 0.3) is 22.6 Å². The second kappa shape index (κ2) is 8.28. The molecule has 174 valence electrons. The second-order valence-corrected chi connectivity index (χ2v) is 6.89. The van der Waals surface area contributed by atoms with Crippen LogP contribution in [0.3, 0.4) is 0 Å². The molecule has 0 bridgehead atoms. The van der Waals surface area contributed by atoms with Crippen molar-refractivity contribution >= 4 is 28.5 Å². The molecule has 0 radical (unpaired) electrons. The minimum Gasteiger partial charge on any atom is -0.338 e. The van der Waals surface area contributed by atoms with Gasteiger partial charge in [0.15, 0.2) is 11.4 Å². The molecule has 0 aliphatic heterocycles. The molecule has 0 aliphatic rings. The van der Waals surface area contributed by atoms with E-state index < -0.39 is 40.7 Å². The number of aromatic nitrogens is 6. The van der Waals surface area contributed by atoms with Crippen molar-refractivity contribution < 1.29 is 31.1 Å². The van der Waals surface area contributed by atoms with Gasteiger partial charge in [0.05, 0.1) is 23.0 Å². The number of pyridine rings is 2. The van der Waals surface area contributed by atoms with Crippen molar-refractivity contribution in [2.24, 2.45) is 0 Å². The highest BCUT2D eigenvalue weighted by Crippen LogP contribution is 2.36. The van der Waals surface area contributed by atoms with Crippen molar-refractivity contribution in [1.29, 1.82) is 0 Å². The molecular formula is C20H11F6N7O. The minimum absolute atomic E-state index is 0.0661. The molecule has 0 aromatic carbocycles. The molecule has 4 aromatic heterocycles. The fourth-order valence-corrected chi connectivity index (χ4v) is 2.88. The summed E-state index contributed by atoms with van der Waals surface area (Å²) in [4.78, 5) is 27.3. The summed E-state index contributed by atoms with van der Waals surface area (Å²) in [5.74, 6) is -0.625. The number of Topliss-reactive ketones (excluding diaryl/α,β-unsaturated/α-hetero) is 1. The number of fused-ring (bicyclic) bond motifs is 1. The van der Waals surface area contributed by atoms with Gasteiger partial charge in [0.1, 0.15) is 28.4 Å². The van der Waals surface area contributed by atoms with Gasteiger partial charge in [-0.05, 0) is 24.3 Å².